The largest absolute Gasteiger partial charge is 0.454 e. The van der Waals surface area contributed by atoms with Gasteiger partial charge in [0.15, 0.2) is 17.3 Å². The number of rotatable bonds is 3. The highest BCUT2D eigenvalue weighted by Crippen LogP contribution is 2.37. The predicted molar refractivity (Wildman–Crippen MR) is 79.5 cm³/mol. The van der Waals surface area contributed by atoms with Crippen molar-refractivity contribution < 1.29 is 19.1 Å². The molecule has 6 heteroatoms. The van der Waals surface area contributed by atoms with E-state index in [9.17, 15) is 9.59 Å². The molecule has 2 aromatic rings. The highest BCUT2D eigenvalue weighted by molar-refractivity contribution is 6.08. The fourth-order valence-electron chi connectivity index (χ4n) is 2.19. The maximum absolute atomic E-state index is 12.3. The van der Waals surface area contributed by atoms with Crippen molar-refractivity contribution in [2.75, 3.05) is 12.1 Å². The molecule has 1 aliphatic rings. The number of carbonyl (C=O) groups is 2. The van der Waals surface area contributed by atoms with Gasteiger partial charge in [0.25, 0.3) is 5.91 Å². The van der Waals surface area contributed by atoms with Crippen LogP contribution in [0.25, 0.3) is 0 Å². The first kappa shape index (κ1) is 14.1. The van der Waals surface area contributed by atoms with Crippen LogP contribution in [0.4, 0.5) is 5.69 Å². The van der Waals surface area contributed by atoms with Crippen molar-refractivity contribution in [1.82, 2.24) is 4.98 Å². The molecule has 1 aromatic carbocycles. The molecule has 0 bridgehead atoms. The van der Waals surface area contributed by atoms with Crippen LogP contribution in [0, 0.1) is 6.92 Å². The number of aromatic nitrogens is 1. The standard InChI is InChI=1S/C16H14N2O4/c1-9-4-3-5-12(17-9)16(20)18-13-7-15-14(21-8-22-15)6-11(13)10(2)19/h3-7H,8H2,1-2H3,(H,18,20). The van der Waals surface area contributed by atoms with Crippen LogP contribution in [0.1, 0.15) is 33.5 Å². The minimum atomic E-state index is -0.384. The lowest BCUT2D eigenvalue weighted by molar-refractivity contribution is 0.101. The molecule has 1 aliphatic heterocycles. The SMILES string of the molecule is CC(=O)c1cc2c(cc1NC(=O)c1cccc(C)n1)OCO2. The van der Waals surface area contributed by atoms with Gasteiger partial charge in [0, 0.05) is 17.3 Å². The van der Waals surface area contributed by atoms with Gasteiger partial charge in [-0.2, -0.15) is 0 Å². The summed E-state index contributed by atoms with van der Waals surface area (Å²) < 4.78 is 10.5. The third kappa shape index (κ3) is 2.63. The molecule has 6 nitrogen and oxygen atoms in total. The molecule has 0 saturated heterocycles. The van der Waals surface area contributed by atoms with Crippen molar-refractivity contribution in [1.29, 1.82) is 0 Å². The Balaban J connectivity index is 1.94. The summed E-state index contributed by atoms with van der Waals surface area (Å²) in [5.74, 6) is 0.435. The molecule has 1 aromatic heterocycles. The summed E-state index contributed by atoms with van der Waals surface area (Å²) in [5.41, 5.74) is 1.77. The summed E-state index contributed by atoms with van der Waals surface area (Å²) in [5, 5.41) is 2.71. The number of pyridine rings is 1. The number of ketones is 1. The lowest BCUT2D eigenvalue weighted by atomic mass is 10.1. The second kappa shape index (κ2) is 5.48. The van der Waals surface area contributed by atoms with Crippen LogP contribution in [-0.4, -0.2) is 23.5 Å². The first-order valence-corrected chi connectivity index (χ1v) is 6.74. The van der Waals surface area contributed by atoms with E-state index in [1.54, 1.807) is 37.3 Å². The molecule has 0 unspecified atom stereocenters. The number of hydrogen-bond donors (Lipinski definition) is 1. The van der Waals surface area contributed by atoms with E-state index in [1.807, 2.05) is 0 Å². The summed E-state index contributed by atoms with van der Waals surface area (Å²) in [6.07, 6.45) is 0. The molecule has 22 heavy (non-hydrogen) atoms. The molecule has 1 N–H and O–H groups in total. The summed E-state index contributed by atoms with van der Waals surface area (Å²) in [6, 6.07) is 8.33. The molecule has 1 amide bonds. The number of nitrogens with zero attached hydrogens (tertiary/aromatic N) is 1. The Morgan fingerprint density at radius 3 is 2.59 bits per heavy atom. The Kier molecular flexibility index (Phi) is 3.50. The van der Waals surface area contributed by atoms with Crippen LogP contribution in [0.5, 0.6) is 11.5 Å². The van der Waals surface area contributed by atoms with Gasteiger partial charge in [0.2, 0.25) is 6.79 Å². The summed E-state index contributed by atoms with van der Waals surface area (Å²) in [7, 11) is 0. The lowest BCUT2D eigenvalue weighted by Crippen LogP contribution is -2.16. The molecule has 2 heterocycles. The Hall–Kier alpha value is -2.89. The molecular weight excluding hydrogens is 284 g/mol. The zero-order valence-electron chi connectivity index (χ0n) is 12.2. The van der Waals surface area contributed by atoms with Gasteiger partial charge >= 0.3 is 0 Å². The number of fused-ring (bicyclic) bond motifs is 1. The lowest BCUT2D eigenvalue weighted by Gasteiger charge is -2.10. The Morgan fingerprint density at radius 2 is 1.91 bits per heavy atom. The van der Waals surface area contributed by atoms with Crippen molar-refractivity contribution in [2.24, 2.45) is 0 Å². The number of hydrogen-bond acceptors (Lipinski definition) is 5. The molecule has 0 saturated carbocycles. The second-order valence-electron chi connectivity index (χ2n) is 4.93. The van der Waals surface area contributed by atoms with Gasteiger partial charge in [0.1, 0.15) is 5.69 Å². The Morgan fingerprint density at radius 1 is 1.18 bits per heavy atom. The average Bonchev–Trinajstić information content (AvgIpc) is 2.93. The van der Waals surface area contributed by atoms with Gasteiger partial charge in [-0.1, -0.05) is 6.07 Å². The molecule has 0 spiro atoms. The zero-order chi connectivity index (χ0) is 15.7. The van der Waals surface area contributed by atoms with Crippen LogP contribution in [0.2, 0.25) is 0 Å². The van der Waals surface area contributed by atoms with E-state index < -0.39 is 0 Å². The molecule has 0 fully saturated rings. The third-order valence-corrected chi connectivity index (χ3v) is 3.26. The molecule has 0 atom stereocenters. The van der Waals surface area contributed by atoms with Crippen molar-refractivity contribution >= 4 is 17.4 Å². The van der Waals surface area contributed by atoms with E-state index in [2.05, 4.69) is 10.3 Å². The van der Waals surface area contributed by atoms with Gasteiger partial charge in [-0.15, -0.1) is 0 Å². The number of ether oxygens (including phenoxy) is 2. The number of nitrogens with one attached hydrogen (secondary N) is 1. The fraction of sp³-hybridized carbons (Fsp3) is 0.188. The predicted octanol–water partition coefficient (Wildman–Crippen LogP) is 2.57. The number of aryl methyl sites for hydroxylation is 1. The number of benzene rings is 1. The van der Waals surface area contributed by atoms with Crippen molar-refractivity contribution in [3.05, 3.63) is 47.3 Å². The highest BCUT2D eigenvalue weighted by Gasteiger charge is 2.21. The Labute approximate surface area is 127 Å². The topological polar surface area (TPSA) is 77.5 Å². The van der Waals surface area contributed by atoms with Gasteiger partial charge in [-0.05, 0) is 32.0 Å². The molecule has 0 radical (unpaired) electrons. The number of carbonyl (C=O) groups excluding carboxylic acids is 2. The summed E-state index contributed by atoms with van der Waals surface area (Å²) in [6.45, 7) is 3.33. The number of anilines is 1. The van der Waals surface area contributed by atoms with E-state index in [0.717, 1.165) is 5.69 Å². The quantitative estimate of drug-likeness (QED) is 0.881. The Bertz CT molecular complexity index is 771. The molecular formula is C16H14N2O4. The number of amides is 1. The van der Waals surface area contributed by atoms with E-state index in [-0.39, 0.29) is 24.2 Å². The van der Waals surface area contributed by atoms with Gasteiger partial charge in [-0.25, -0.2) is 4.98 Å². The molecule has 112 valence electrons. The van der Waals surface area contributed by atoms with Crippen LogP contribution < -0.4 is 14.8 Å². The number of Topliss-reactive ketones (excluding diaryl/α,β-unsaturated/α-hetero) is 1. The zero-order valence-corrected chi connectivity index (χ0v) is 12.2. The van der Waals surface area contributed by atoms with Gasteiger partial charge in [0.05, 0.1) is 5.69 Å². The molecule has 0 aliphatic carbocycles. The van der Waals surface area contributed by atoms with E-state index >= 15 is 0 Å². The second-order valence-corrected chi connectivity index (χ2v) is 4.93. The van der Waals surface area contributed by atoms with E-state index in [0.29, 0.717) is 22.7 Å². The summed E-state index contributed by atoms with van der Waals surface area (Å²) in [4.78, 5) is 28.2. The van der Waals surface area contributed by atoms with E-state index in [4.69, 9.17) is 9.47 Å². The van der Waals surface area contributed by atoms with E-state index in [1.165, 1.54) is 6.92 Å². The minimum Gasteiger partial charge on any atom is -0.454 e. The fourth-order valence-corrected chi connectivity index (χ4v) is 2.19. The van der Waals surface area contributed by atoms with Crippen molar-refractivity contribution in [3.63, 3.8) is 0 Å². The van der Waals surface area contributed by atoms with Gasteiger partial charge < -0.3 is 14.8 Å². The average molecular weight is 298 g/mol. The maximum Gasteiger partial charge on any atom is 0.274 e. The third-order valence-electron chi connectivity index (χ3n) is 3.26. The van der Waals surface area contributed by atoms with Gasteiger partial charge in [-0.3, -0.25) is 9.59 Å². The minimum absolute atomic E-state index is 0.101. The smallest absolute Gasteiger partial charge is 0.274 e. The normalized spacial score (nSPS) is 12.1. The van der Waals surface area contributed by atoms with Crippen LogP contribution >= 0.6 is 0 Å². The maximum atomic E-state index is 12.3. The summed E-state index contributed by atoms with van der Waals surface area (Å²) >= 11 is 0. The highest BCUT2D eigenvalue weighted by atomic mass is 16.7. The van der Waals surface area contributed by atoms with Crippen LogP contribution in [-0.2, 0) is 0 Å². The van der Waals surface area contributed by atoms with Crippen molar-refractivity contribution in [3.8, 4) is 11.5 Å². The molecule has 3 rings (SSSR count). The van der Waals surface area contributed by atoms with Crippen molar-refractivity contribution in [2.45, 2.75) is 13.8 Å². The van der Waals surface area contributed by atoms with Crippen LogP contribution in [0.15, 0.2) is 30.3 Å². The van der Waals surface area contributed by atoms with Crippen LogP contribution in [0.3, 0.4) is 0 Å². The first-order valence-electron chi connectivity index (χ1n) is 6.74. The first-order chi connectivity index (χ1) is 10.5. The monoisotopic (exact) mass is 298 g/mol.